The van der Waals surface area contributed by atoms with Gasteiger partial charge in [-0.2, -0.15) is 0 Å². The summed E-state index contributed by atoms with van der Waals surface area (Å²) in [7, 11) is 0. The molecular weight excluding hydrogens is 354 g/mol. The van der Waals surface area contributed by atoms with Crippen molar-refractivity contribution in [2.75, 3.05) is 13.1 Å². The average Bonchev–Trinajstić information content (AvgIpc) is 3.19. The highest BCUT2D eigenvalue weighted by atomic mass is 16.3. The minimum Gasteiger partial charge on any atom is -0.459 e. The van der Waals surface area contributed by atoms with Gasteiger partial charge in [0, 0.05) is 31.6 Å². The van der Waals surface area contributed by atoms with Gasteiger partial charge in [0.2, 0.25) is 5.91 Å². The molecule has 28 heavy (non-hydrogen) atoms. The summed E-state index contributed by atoms with van der Waals surface area (Å²) in [6.07, 6.45) is 1.85. The summed E-state index contributed by atoms with van der Waals surface area (Å²) in [5, 5.41) is 5.76. The number of carbonyl (C=O) groups is 2. The number of nitrogens with zero attached hydrogens (tertiary/aromatic N) is 1. The minimum atomic E-state index is -0.674. The van der Waals surface area contributed by atoms with Crippen molar-refractivity contribution in [3.8, 4) is 0 Å². The van der Waals surface area contributed by atoms with E-state index in [0.29, 0.717) is 25.0 Å². The van der Waals surface area contributed by atoms with Gasteiger partial charge in [-0.3, -0.25) is 14.5 Å². The van der Waals surface area contributed by atoms with Crippen molar-refractivity contribution >= 4 is 11.8 Å². The fourth-order valence-electron chi connectivity index (χ4n) is 3.24. The Balaban J connectivity index is 2.00. The summed E-state index contributed by atoms with van der Waals surface area (Å²) < 4.78 is 5.14. The van der Waals surface area contributed by atoms with Crippen LogP contribution in [0.15, 0.2) is 53.1 Å². The normalized spacial score (nSPS) is 12.4. The lowest BCUT2D eigenvalue weighted by molar-refractivity contribution is -0.123. The van der Waals surface area contributed by atoms with Crippen LogP contribution in [0.2, 0.25) is 0 Å². The molecule has 6 heteroatoms. The van der Waals surface area contributed by atoms with Gasteiger partial charge in [0.25, 0.3) is 5.91 Å². The Bertz CT molecular complexity index is 719. The molecule has 1 heterocycles. The molecule has 2 amide bonds. The van der Waals surface area contributed by atoms with Crippen molar-refractivity contribution in [3.63, 3.8) is 0 Å². The van der Waals surface area contributed by atoms with Gasteiger partial charge in [0.1, 0.15) is 6.04 Å². The predicted molar refractivity (Wildman–Crippen MR) is 110 cm³/mol. The standard InChI is InChI=1S/C22H31N3O3/c1-16(2)25(17(3)4)13-12-23-21(26)19(15-18-9-6-5-7-10-18)24-22(27)20-11-8-14-28-20/h5-11,14,16-17,19H,12-13,15H2,1-4H3,(H,23,26)(H,24,27). The lowest BCUT2D eigenvalue weighted by atomic mass is 10.0. The van der Waals surface area contributed by atoms with Crippen LogP contribution in [-0.2, 0) is 11.2 Å². The summed E-state index contributed by atoms with van der Waals surface area (Å²) in [5.74, 6) is -0.403. The first-order valence-corrected chi connectivity index (χ1v) is 9.80. The molecule has 2 rings (SSSR count). The summed E-state index contributed by atoms with van der Waals surface area (Å²) >= 11 is 0. The second kappa shape index (κ2) is 10.7. The molecular formula is C22H31N3O3. The molecule has 2 N–H and O–H groups in total. The fourth-order valence-corrected chi connectivity index (χ4v) is 3.24. The van der Waals surface area contributed by atoms with Gasteiger partial charge >= 0.3 is 0 Å². The van der Waals surface area contributed by atoms with Gasteiger partial charge in [0.05, 0.1) is 6.26 Å². The van der Waals surface area contributed by atoms with Crippen molar-refractivity contribution in [1.82, 2.24) is 15.5 Å². The molecule has 0 aliphatic heterocycles. The molecule has 0 bridgehead atoms. The average molecular weight is 386 g/mol. The van der Waals surface area contributed by atoms with E-state index in [1.165, 1.54) is 6.26 Å². The minimum absolute atomic E-state index is 0.191. The maximum Gasteiger partial charge on any atom is 0.287 e. The summed E-state index contributed by atoms with van der Waals surface area (Å²) in [6.45, 7) is 9.85. The van der Waals surface area contributed by atoms with Gasteiger partial charge in [-0.15, -0.1) is 0 Å². The molecule has 152 valence electrons. The first-order chi connectivity index (χ1) is 13.4. The monoisotopic (exact) mass is 385 g/mol. The van der Waals surface area contributed by atoms with Gasteiger partial charge in [0.15, 0.2) is 5.76 Å². The Kier molecular flexibility index (Phi) is 8.26. The highest BCUT2D eigenvalue weighted by Crippen LogP contribution is 2.07. The molecule has 0 aliphatic rings. The van der Waals surface area contributed by atoms with E-state index in [1.807, 2.05) is 30.3 Å². The molecule has 0 spiro atoms. The zero-order chi connectivity index (χ0) is 20.5. The van der Waals surface area contributed by atoms with Crippen molar-refractivity contribution in [2.45, 2.75) is 52.2 Å². The first kappa shape index (κ1) is 21.7. The van der Waals surface area contributed by atoms with Gasteiger partial charge < -0.3 is 15.1 Å². The van der Waals surface area contributed by atoms with Crippen molar-refractivity contribution in [1.29, 1.82) is 0 Å². The van der Waals surface area contributed by atoms with E-state index in [0.717, 1.165) is 12.1 Å². The molecule has 1 unspecified atom stereocenters. The molecule has 1 aromatic heterocycles. The van der Waals surface area contributed by atoms with E-state index in [2.05, 4.69) is 43.2 Å². The van der Waals surface area contributed by atoms with Crippen LogP contribution in [-0.4, -0.2) is 47.9 Å². The summed E-state index contributed by atoms with van der Waals surface area (Å²) in [4.78, 5) is 27.5. The molecule has 0 radical (unpaired) electrons. The second-order valence-corrected chi connectivity index (χ2v) is 7.41. The fraction of sp³-hybridized carbons (Fsp3) is 0.455. The van der Waals surface area contributed by atoms with Gasteiger partial charge in [-0.25, -0.2) is 0 Å². The van der Waals surface area contributed by atoms with Crippen LogP contribution in [0.25, 0.3) is 0 Å². The molecule has 2 aromatic rings. The van der Waals surface area contributed by atoms with Crippen LogP contribution < -0.4 is 10.6 Å². The SMILES string of the molecule is CC(C)N(CCNC(=O)C(Cc1ccccc1)NC(=O)c1ccco1)C(C)C. The Hall–Kier alpha value is -2.60. The van der Waals surface area contributed by atoms with Crippen LogP contribution in [0, 0.1) is 0 Å². The molecule has 0 aliphatic carbocycles. The molecule has 0 fully saturated rings. The maximum absolute atomic E-state index is 12.8. The molecule has 6 nitrogen and oxygen atoms in total. The number of amides is 2. The first-order valence-electron chi connectivity index (χ1n) is 9.80. The van der Waals surface area contributed by atoms with Crippen molar-refractivity contribution < 1.29 is 14.0 Å². The van der Waals surface area contributed by atoms with E-state index < -0.39 is 11.9 Å². The van der Waals surface area contributed by atoms with Crippen LogP contribution >= 0.6 is 0 Å². The smallest absolute Gasteiger partial charge is 0.287 e. The Morgan fingerprint density at radius 1 is 1.00 bits per heavy atom. The van der Waals surface area contributed by atoms with Crippen molar-refractivity contribution in [3.05, 3.63) is 60.1 Å². The van der Waals surface area contributed by atoms with Gasteiger partial charge in [-0.1, -0.05) is 30.3 Å². The van der Waals surface area contributed by atoms with Crippen LogP contribution in [0.4, 0.5) is 0 Å². The third-order valence-electron chi connectivity index (χ3n) is 4.65. The van der Waals surface area contributed by atoms with Crippen LogP contribution in [0.1, 0.15) is 43.8 Å². The number of carbonyl (C=O) groups excluding carboxylic acids is 2. The van der Waals surface area contributed by atoms with Crippen LogP contribution in [0.3, 0.4) is 0 Å². The highest BCUT2D eigenvalue weighted by molar-refractivity contribution is 5.95. The number of hydrogen-bond acceptors (Lipinski definition) is 4. The number of hydrogen-bond donors (Lipinski definition) is 2. The van der Waals surface area contributed by atoms with E-state index in [-0.39, 0.29) is 11.7 Å². The van der Waals surface area contributed by atoms with E-state index in [4.69, 9.17) is 4.42 Å². The molecule has 1 aromatic carbocycles. The third kappa shape index (κ3) is 6.53. The zero-order valence-corrected chi connectivity index (χ0v) is 17.1. The van der Waals surface area contributed by atoms with E-state index >= 15 is 0 Å². The Morgan fingerprint density at radius 2 is 1.68 bits per heavy atom. The number of rotatable bonds is 10. The number of furan rings is 1. The van der Waals surface area contributed by atoms with Crippen LogP contribution in [0.5, 0.6) is 0 Å². The highest BCUT2D eigenvalue weighted by Gasteiger charge is 2.23. The molecule has 0 saturated carbocycles. The summed E-state index contributed by atoms with van der Waals surface area (Å²) in [5.41, 5.74) is 0.980. The zero-order valence-electron chi connectivity index (χ0n) is 17.1. The number of nitrogens with one attached hydrogen (secondary N) is 2. The predicted octanol–water partition coefficient (Wildman–Crippen LogP) is 2.86. The largest absolute Gasteiger partial charge is 0.459 e. The Labute approximate surface area is 167 Å². The second-order valence-electron chi connectivity index (χ2n) is 7.41. The Morgan fingerprint density at radius 3 is 2.25 bits per heavy atom. The lowest BCUT2D eigenvalue weighted by Crippen LogP contribution is -2.50. The maximum atomic E-state index is 12.8. The van der Waals surface area contributed by atoms with Gasteiger partial charge in [-0.05, 0) is 45.4 Å². The summed E-state index contributed by atoms with van der Waals surface area (Å²) in [6, 6.07) is 13.0. The quantitative estimate of drug-likeness (QED) is 0.659. The number of benzene rings is 1. The molecule has 0 saturated heterocycles. The third-order valence-corrected chi connectivity index (χ3v) is 4.65. The lowest BCUT2D eigenvalue weighted by Gasteiger charge is -2.30. The van der Waals surface area contributed by atoms with Crippen molar-refractivity contribution in [2.24, 2.45) is 0 Å². The topological polar surface area (TPSA) is 74.6 Å². The van der Waals surface area contributed by atoms with E-state index in [1.54, 1.807) is 12.1 Å². The molecule has 1 atom stereocenters. The van der Waals surface area contributed by atoms with E-state index in [9.17, 15) is 9.59 Å².